The zero-order valence-electron chi connectivity index (χ0n) is 10.6. The molecule has 1 aromatic rings. The maximum Gasteiger partial charge on any atom is 0.325 e. The van der Waals surface area contributed by atoms with Gasteiger partial charge in [0.25, 0.3) is 5.91 Å². The van der Waals surface area contributed by atoms with Crippen molar-refractivity contribution in [3.8, 4) is 0 Å². The molecule has 1 N–H and O–H groups in total. The lowest BCUT2D eigenvalue weighted by molar-refractivity contribution is -0.134. The summed E-state index contributed by atoms with van der Waals surface area (Å²) in [4.78, 5) is 37.9. The largest absolute Gasteiger partial charge is 0.325 e. The molecule has 1 saturated heterocycles. The van der Waals surface area contributed by atoms with Gasteiger partial charge in [0.05, 0.1) is 6.54 Å². The number of nitrogens with one attached hydrogen (secondary N) is 1. The van der Waals surface area contributed by atoms with Crippen LogP contribution in [0.4, 0.5) is 4.79 Å². The van der Waals surface area contributed by atoms with Crippen LogP contribution in [0.2, 0.25) is 0 Å². The van der Waals surface area contributed by atoms with Crippen molar-refractivity contribution in [2.24, 2.45) is 0 Å². The van der Waals surface area contributed by atoms with Crippen molar-refractivity contribution >= 4 is 29.1 Å². The van der Waals surface area contributed by atoms with Gasteiger partial charge < -0.3 is 5.32 Å². The predicted octanol–water partition coefficient (Wildman–Crippen LogP) is 1.42. The van der Waals surface area contributed by atoms with Crippen LogP contribution in [0.3, 0.4) is 0 Å². The van der Waals surface area contributed by atoms with Gasteiger partial charge in [0.15, 0.2) is 0 Å². The van der Waals surface area contributed by atoms with E-state index >= 15 is 0 Å². The highest BCUT2D eigenvalue weighted by Crippen LogP contribution is 2.41. The first-order chi connectivity index (χ1) is 9.04. The van der Waals surface area contributed by atoms with Crippen molar-refractivity contribution in [2.45, 2.75) is 31.7 Å². The topological polar surface area (TPSA) is 66.5 Å². The lowest BCUT2D eigenvalue weighted by atomic mass is 9.80. The molecule has 0 radical (unpaired) electrons. The summed E-state index contributed by atoms with van der Waals surface area (Å²) in [6, 6.07) is 1.45. The molecule has 0 aromatic carbocycles. The van der Waals surface area contributed by atoms with Crippen LogP contribution in [0.15, 0.2) is 11.4 Å². The van der Waals surface area contributed by atoms with E-state index in [4.69, 9.17) is 0 Å². The van der Waals surface area contributed by atoms with Crippen molar-refractivity contribution in [1.29, 1.82) is 0 Å². The monoisotopic (exact) mass is 278 g/mol. The highest BCUT2D eigenvalue weighted by Gasteiger charge is 2.54. The predicted molar refractivity (Wildman–Crippen MR) is 69.9 cm³/mol. The Balaban J connectivity index is 2.02. The lowest BCUT2D eigenvalue weighted by Gasteiger charge is -2.31. The van der Waals surface area contributed by atoms with Crippen molar-refractivity contribution < 1.29 is 14.4 Å². The fourth-order valence-electron chi connectivity index (χ4n) is 2.91. The molecular weight excluding hydrogens is 264 g/mol. The number of ketones is 1. The van der Waals surface area contributed by atoms with E-state index < -0.39 is 11.6 Å². The Morgan fingerprint density at radius 2 is 2.32 bits per heavy atom. The molecule has 2 heterocycles. The molecule has 1 aliphatic carbocycles. The molecule has 0 bridgehead atoms. The average molecular weight is 278 g/mol. The molecule has 6 heteroatoms. The Kier molecular flexibility index (Phi) is 2.70. The van der Waals surface area contributed by atoms with Crippen LogP contribution < -0.4 is 5.32 Å². The first kappa shape index (κ1) is 12.3. The fourth-order valence-corrected chi connectivity index (χ4v) is 3.91. The number of rotatable bonds is 2. The van der Waals surface area contributed by atoms with Gasteiger partial charge in [-0.3, -0.25) is 14.5 Å². The van der Waals surface area contributed by atoms with Gasteiger partial charge in [0, 0.05) is 10.4 Å². The van der Waals surface area contributed by atoms with E-state index in [-0.39, 0.29) is 18.2 Å². The Bertz CT molecular complexity index is 580. The summed E-state index contributed by atoms with van der Waals surface area (Å²) in [6.07, 6.45) is 2.42. The number of carbonyl (C=O) groups excluding carboxylic acids is 3. The zero-order valence-corrected chi connectivity index (χ0v) is 11.4. The molecule has 1 aliphatic heterocycles. The van der Waals surface area contributed by atoms with Crippen LogP contribution in [-0.4, -0.2) is 29.2 Å². The van der Waals surface area contributed by atoms with Crippen LogP contribution in [0.1, 0.15) is 30.2 Å². The number of urea groups is 1. The molecule has 1 atom stereocenters. The Morgan fingerprint density at radius 1 is 1.53 bits per heavy atom. The van der Waals surface area contributed by atoms with Gasteiger partial charge in [-0.25, -0.2) is 4.79 Å². The Morgan fingerprint density at radius 3 is 3.05 bits per heavy atom. The number of aryl methyl sites for hydroxylation is 1. The van der Waals surface area contributed by atoms with E-state index in [2.05, 4.69) is 5.32 Å². The first-order valence-electron chi connectivity index (χ1n) is 6.25. The summed E-state index contributed by atoms with van der Waals surface area (Å²) in [5.41, 5.74) is -0.0201. The van der Waals surface area contributed by atoms with E-state index in [0.717, 1.165) is 28.2 Å². The molecule has 5 nitrogen and oxygen atoms in total. The van der Waals surface area contributed by atoms with Gasteiger partial charge in [0.1, 0.15) is 11.3 Å². The molecule has 1 fully saturated rings. The number of Topliss-reactive ketones (excluding diaryl/α,β-unsaturated/α-hetero) is 1. The van der Waals surface area contributed by atoms with Gasteiger partial charge in [-0.2, -0.15) is 0 Å². The third-order valence-electron chi connectivity index (χ3n) is 3.72. The van der Waals surface area contributed by atoms with Crippen molar-refractivity contribution in [1.82, 2.24) is 10.2 Å². The van der Waals surface area contributed by atoms with Crippen molar-refractivity contribution in [3.63, 3.8) is 0 Å². The first-order valence-corrected chi connectivity index (χ1v) is 7.13. The van der Waals surface area contributed by atoms with E-state index in [1.54, 1.807) is 11.3 Å². The molecule has 1 spiro atoms. The van der Waals surface area contributed by atoms with E-state index in [0.29, 0.717) is 6.42 Å². The minimum absolute atomic E-state index is 0.147. The quantitative estimate of drug-likeness (QED) is 0.832. The summed E-state index contributed by atoms with van der Waals surface area (Å²) in [7, 11) is 0. The van der Waals surface area contributed by atoms with E-state index in [1.165, 1.54) is 6.92 Å². The number of thiophene rings is 1. The average Bonchev–Trinajstić information content (AvgIpc) is 2.91. The van der Waals surface area contributed by atoms with Gasteiger partial charge in [0.2, 0.25) is 0 Å². The lowest BCUT2D eigenvalue weighted by Crippen LogP contribution is -2.46. The van der Waals surface area contributed by atoms with Crippen LogP contribution in [0.5, 0.6) is 0 Å². The number of hydrogen-bond donors (Lipinski definition) is 1. The maximum atomic E-state index is 12.6. The van der Waals surface area contributed by atoms with Crippen LogP contribution in [-0.2, 0) is 21.5 Å². The second kappa shape index (κ2) is 4.16. The molecule has 0 saturated carbocycles. The molecular formula is C13H14N2O3S. The third-order valence-corrected chi connectivity index (χ3v) is 4.70. The number of amides is 3. The van der Waals surface area contributed by atoms with Gasteiger partial charge in [-0.1, -0.05) is 0 Å². The highest BCUT2D eigenvalue weighted by atomic mass is 32.1. The molecule has 19 heavy (non-hydrogen) atoms. The molecule has 2 aliphatic rings. The zero-order chi connectivity index (χ0) is 13.6. The van der Waals surface area contributed by atoms with Crippen LogP contribution >= 0.6 is 11.3 Å². The van der Waals surface area contributed by atoms with E-state index in [9.17, 15) is 14.4 Å². The number of carbonyl (C=O) groups is 3. The number of imide groups is 1. The SMILES string of the molecule is CC(=O)CN1C(=O)N[C@@]2(CCCc3sccc32)C1=O. The van der Waals surface area contributed by atoms with E-state index in [1.807, 2.05) is 11.4 Å². The van der Waals surface area contributed by atoms with Gasteiger partial charge in [-0.15, -0.1) is 11.3 Å². The maximum absolute atomic E-state index is 12.6. The number of nitrogens with zero attached hydrogens (tertiary/aromatic N) is 1. The minimum Gasteiger partial charge on any atom is -0.319 e. The molecule has 100 valence electrons. The highest BCUT2D eigenvalue weighted by molar-refractivity contribution is 7.10. The van der Waals surface area contributed by atoms with Crippen LogP contribution in [0, 0.1) is 0 Å². The third kappa shape index (κ3) is 1.70. The standard InChI is InChI=1S/C13H14N2O3S/c1-8(16)7-15-11(17)13(14-12(15)18)5-2-3-10-9(13)4-6-19-10/h4,6H,2-3,5,7H2,1H3,(H,14,18)/t13-/m1/s1. The fraction of sp³-hybridized carbons (Fsp3) is 0.462. The number of hydrogen-bond acceptors (Lipinski definition) is 4. The Labute approximate surface area is 114 Å². The van der Waals surface area contributed by atoms with Crippen molar-refractivity contribution in [3.05, 3.63) is 21.9 Å². The van der Waals surface area contributed by atoms with Crippen LogP contribution in [0.25, 0.3) is 0 Å². The second-order valence-electron chi connectivity index (χ2n) is 5.04. The summed E-state index contributed by atoms with van der Waals surface area (Å²) >= 11 is 1.62. The van der Waals surface area contributed by atoms with Gasteiger partial charge in [-0.05, 0) is 37.6 Å². The minimum atomic E-state index is -0.930. The molecule has 3 amide bonds. The second-order valence-corrected chi connectivity index (χ2v) is 6.04. The summed E-state index contributed by atoms with van der Waals surface area (Å²) in [5, 5.41) is 4.76. The smallest absolute Gasteiger partial charge is 0.319 e. The van der Waals surface area contributed by atoms with Crippen molar-refractivity contribution in [2.75, 3.05) is 6.54 Å². The normalized spacial score (nSPS) is 25.6. The molecule has 3 rings (SSSR count). The number of fused-ring (bicyclic) bond motifs is 2. The Hall–Kier alpha value is -1.69. The summed E-state index contributed by atoms with van der Waals surface area (Å²) in [5.74, 6) is -0.478. The molecule has 1 aromatic heterocycles. The summed E-state index contributed by atoms with van der Waals surface area (Å²) in [6.45, 7) is 1.23. The molecule has 0 unspecified atom stereocenters. The summed E-state index contributed by atoms with van der Waals surface area (Å²) < 4.78 is 0. The van der Waals surface area contributed by atoms with Gasteiger partial charge >= 0.3 is 6.03 Å².